The molecule has 0 spiro atoms. The maximum Gasteiger partial charge on any atom is 0.501 e. The van der Waals surface area contributed by atoms with Crippen LogP contribution in [0, 0.1) is 0 Å². The Morgan fingerprint density at radius 2 is 1.49 bits per heavy atom. The van der Waals surface area contributed by atoms with Gasteiger partial charge in [0.05, 0.1) is 29.9 Å². The SMILES string of the molecule is CC(C)(C)[Si](OC[C@H]1CN(C(=O)C[C@H](CSc2ccccc2)Nc2ccc(S(N)(=O)=O)cc2S(=O)(=O)C(F)(F)F)CCO1)(c1ccccc1)c1ccccc1. The van der Waals surface area contributed by atoms with Crippen LogP contribution >= 0.6 is 11.8 Å². The number of rotatable bonds is 14. The first-order valence-corrected chi connectivity index (χ1v) is 23.3. The van der Waals surface area contributed by atoms with Crippen LogP contribution in [0.4, 0.5) is 18.9 Å². The number of hydrogen-bond donors (Lipinski definition) is 2. The molecule has 55 heavy (non-hydrogen) atoms. The lowest BCUT2D eigenvalue weighted by Gasteiger charge is -2.44. The maximum absolute atomic E-state index is 14.0. The minimum atomic E-state index is -6.04. The molecule has 1 aliphatic heterocycles. The second-order valence-electron chi connectivity index (χ2n) is 14.1. The lowest BCUT2D eigenvalue weighted by molar-refractivity contribution is -0.140. The van der Waals surface area contributed by atoms with Crippen molar-refractivity contribution in [2.45, 2.75) is 64.6 Å². The standard InChI is InChI=1S/C38H44F3N3O7S3Si/c1-37(2,3)55(32-15-9-5-10-16-32,33-17-11-6-12-18-33)51-26-29-25-44(21-22-50-29)36(45)23-28(27-52-30-13-7-4-8-14-30)43-34-20-19-31(54(42,48)49)24-35(34)53(46,47)38(39,40)41/h4-20,24,28-29,43H,21-23,25-27H2,1-3H3,(H2,42,48,49)/t28-,29-/m1/s1. The molecule has 1 saturated heterocycles. The first-order valence-electron chi connectivity index (χ1n) is 17.4. The van der Waals surface area contributed by atoms with Crippen LogP contribution in [0.1, 0.15) is 27.2 Å². The number of alkyl halides is 3. The van der Waals surface area contributed by atoms with Crippen molar-refractivity contribution in [1.82, 2.24) is 4.90 Å². The largest absolute Gasteiger partial charge is 0.501 e. The Bertz CT molecular complexity index is 2100. The van der Waals surface area contributed by atoms with Gasteiger partial charge in [-0.1, -0.05) is 99.6 Å². The van der Waals surface area contributed by atoms with Crippen LogP contribution in [0.2, 0.25) is 5.04 Å². The summed E-state index contributed by atoms with van der Waals surface area (Å²) in [6.45, 7) is 7.33. The normalized spacial score (nSPS) is 16.4. The van der Waals surface area contributed by atoms with Gasteiger partial charge in [0, 0.05) is 36.2 Å². The number of ether oxygens (including phenoxy) is 1. The topological polar surface area (TPSA) is 145 Å². The molecular weight excluding hydrogens is 792 g/mol. The number of carbonyl (C=O) groups is 1. The van der Waals surface area contributed by atoms with Crippen molar-refractivity contribution < 1.29 is 44.0 Å². The van der Waals surface area contributed by atoms with E-state index in [4.69, 9.17) is 14.3 Å². The minimum Gasteiger partial charge on any atom is -0.405 e. The summed E-state index contributed by atoms with van der Waals surface area (Å²) in [7, 11) is -13.5. The summed E-state index contributed by atoms with van der Waals surface area (Å²) >= 11 is 1.31. The van der Waals surface area contributed by atoms with Gasteiger partial charge in [0.1, 0.15) is 4.90 Å². The number of nitrogens with one attached hydrogen (secondary N) is 1. The van der Waals surface area contributed by atoms with E-state index in [0.717, 1.165) is 27.4 Å². The summed E-state index contributed by atoms with van der Waals surface area (Å²) in [4.78, 5) is 14.3. The van der Waals surface area contributed by atoms with Crippen molar-refractivity contribution in [2.24, 2.45) is 5.14 Å². The fraction of sp³-hybridized carbons (Fsp3) is 0.342. The van der Waals surface area contributed by atoms with Gasteiger partial charge < -0.3 is 19.4 Å². The van der Waals surface area contributed by atoms with Gasteiger partial charge in [-0.05, 0) is 45.7 Å². The van der Waals surface area contributed by atoms with Crippen molar-refractivity contribution in [1.29, 1.82) is 0 Å². The molecule has 1 heterocycles. The second-order valence-corrected chi connectivity index (χ2v) is 23.0. The van der Waals surface area contributed by atoms with Crippen LogP contribution < -0.4 is 20.8 Å². The molecule has 0 unspecified atom stereocenters. The Balaban J connectivity index is 1.39. The molecule has 17 heteroatoms. The van der Waals surface area contributed by atoms with E-state index in [0.29, 0.717) is 6.07 Å². The molecule has 0 radical (unpaired) electrons. The third kappa shape index (κ3) is 10.00. The molecule has 5 rings (SSSR count). The summed E-state index contributed by atoms with van der Waals surface area (Å²) in [5, 5.41) is 9.84. The Hall–Kier alpha value is -3.71. The zero-order valence-electron chi connectivity index (χ0n) is 30.5. The molecule has 4 aromatic carbocycles. The Morgan fingerprint density at radius 3 is 2.02 bits per heavy atom. The van der Waals surface area contributed by atoms with Crippen LogP contribution in [-0.4, -0.2) is 85.7 Å². The van der Waals surface area contributed by atoms with E-state index in [1.54, 1.807) is 17.0 Å². The molecular formula is C38H44F3N3O7S3Si. The second kappa shape index (κ2) is 17.2. The third-order valence-electron chi connectivity index (χ3n) is 9.24. The summed E-state index contributed by atoms with van der Waals surface area (Å²) in [6.07, 6.45) is -0.719. The van der Waals surface area contributed by atoms with E-state index < -0.39 is 61.3 Å². The van der Waals surface area contributed by atoms with E-state index >= 15 is 0 Å². The number of benzene rings is 4. The average molecular weight is 836 g/mol. The van der Waals surface area contributed by atoms with Gasteiger partial charge in [0.25, 0.3) is 18.2 Å². The molecule has 296 valence electrons. The third-order valence-corrected chi connectivity index (χ3v) is 17.9. The number of carbonyl (C=O) groups excluding carboxylic acids is 1. The summed E-state index contributed by atoms with van der Waals surface area (Å²) in [5.41, 5.74) is -6.26. The minimum absolute atomic E-state index is 0.142. The molecule has 10 nitrogen and oxygen atoms in total. The summed E-state index contributed by atoms with van der Waals surface area (Å²) in [5.74, 6) is -0.200. The van der Waals surface area contributed by atoms with Crippen molar-refractivity contribution >= 4 is 61.9 Å². The highest BCUT2D eigenvalue weighted by molar-refractivity contribution is 7.99. The number of anilines is 1. The Kier molecular flexibility index (Phi) is 13.3. The monoisotopic (exact) mass is 835 g/mol. The number of nitrogens with zero attached hydrogens (tertiary/aromatic N) is 1. The lowest BCUT2D eigenvalue weighted by atomic mass is 10.1. The Labute approximate surface area is 325 Å². The number of hydrogen-bond acceptors (Lipinski definition) is 9. The van der Waals surface area contributed by atoms with Crippen molar-refractivity contribution in [3.63, 3.8) is 0 Å². The zero-order chi connectivity index (χ0) is 40.1. The van der Waals surface area contributed by atoms with E-state index in [1.807, 2.05) is 54.6 Å². The molecule has 4 aromatic rings. The number of sulfone groups is 1. The molecule has 1 amide bonds. The maximum atomic E-state index is 14.0. The van der Waals surface area contributed by atoms with Crippen molar-refractivity contribution in [3.8, 4) is 0 Å². The quantitative estimate of drug-likeness (QED) is 0.126. The van der Waals surface area contributed by atoms with Gasteiger partial charge in [-0.15, -0.1) is 11.8 Å². The molecule has 2 atom stereocenters. The molecule has 3 N–H and O–H groups in total. The van der Waals surface area contributed by atoms with Gasteiger partial charge >= 0.3 is 5.51 Å². The number of nitrogens with two attached hydrogens (primary N) is 1. The first kappa shape index (κ1) is 42.4. The van der Waals surface area contributed by atoms with Crippen LogP contribution in [-0.2, 0) is 33.8 Å². The van der Waals surface area contributed by atoms with Gasteiger partial charge in [-0.25, -0.2) is 22.0 Å². The van der Waals surface area contributed by atoms with Gasteiger partial charge in [-0.3, -0.25) is 4.79 Å². The molecule has 0 aromatic heterocycles. The Morgan fingerprint density at radius 1 is 0.927 bits per heavy atom. The average Bonchev–Trinajstić information content (AvgIpc) is 3.14. The highest BCUT2D eigenvalue weighted by Crippen LogP contribution is 2.38. The number of halogens is 3. The van der Waals surface area contributed by atoms with Crippen molar-refractivity contribution in [2.75, 3.05) is 37.4 Å². The molecule has 0 saturated carbocycles. The van der Waals surface area contributed by atoms with E-state index in [9.17, 15) is 34.8 Å². The van der Waals surface area contributed by atoms with E-state index in [1.165, 1.54) is 11.8 Å². The number of amides is 1. The highest BCUT2D eigenvalue weighted by atomic mass is 32.2. The van der Waals surface area contributed by atoms with Crippen LogP contribution in [0.15, 0.2) is 124 Å². The molecule has 0 bridgehead atoms. The smallest absolute Gasteiger partial charge is 0.405 e. The number of sulfonamides is 1. The van der Waals surface area contributed by atoms with E-state index in [-0.39, 0.29) is 49.4 Å². The van der Waals surface area contributed by atoms with Gasteiger partial charge in [0.2, 0.25) is 15.9 Å². The molecule has 0 aliphatic carbocycles. The van der Waals surface area contributed by atoms with Crippen LogP contribution in [0.5, 0.6) is 0 Å². The summed E-state index contributed by atoms with van der Waals surface area (Å²) < 4.78 is 104. The predicted octanol–water partition coefficient (Wildman–Crippen LogP) is 5.39. The fourth-order valence-corrected chi connectivity index (χ4v) is 13.7. The highest BCUT2D eigenvalue weighted by Gasteiger charge is 2.51. The van der Waals surface area contributed by atoms with Crippen LogP contribution in [0.3, 0.4) is 0 Å². The summed E-state index contributed by atoms with van der Waals surface area (Å²) in [6, 6.07) is 30.6. The van der Waals surface area contributed by atoms with Gasteiger partial charge in [-0.2, -0.15) is 13.2 Å². The lowest BCUT2D eigenvalue weighted by Crippen LogP contribution is -2.67. The predicted molar refractivity (Wildman–Crippen MR) is 210 cm³/mol. The first-order chi connectivity index (χ1) is 25.8. The van der Waals surface area contributed by atoms with Crippen molar-refractivity contribution in [3.05, 3.63) is 109 Å². The number of morpholine rings is 1. The zero-order valence-corrected chi connectivity index (χ0v) is 34.0. The molecule has 1 aliphatic rings. The number of thioether (sulfide) groups is 1. The van der Waals surface area contributed by atoms with E-state index in [2.05, 4.69) is 50.4 Å². The fourth-order valence-electron chi connectivity index (χ4n) is 6.60. The van der Waals surface area contributed by atoms with Crippen LogP contribution in [0.25, 0.3) is 0 Å². The molecule has 1 fully saturated rings. The van der Waals surface area contributed by atoms with Gasteiger partial charge in [0.15, 0.2) is 0 Å². The number of primary sulfonamides is 1.